The Hall–Kier alpha value is -3.14. The van der Waals surface area contributed by atoms with E-state index in [4.69, 9.17) is 5.73 Å². The highest BCUT2D eigenvalue weighted by Crippen LogP contribution is 2.54. The molecule has 2 aliphatic rings. The van der Waals surface area contributed by atoms with E-state index < -0.39 is 11.3 Å². The average molecular weight is 344 g/mol. The number of rotatable bonds is 2. The molecule has 1 aliphatic carbocycles. The van der Waals surface area contributed by atoms with Crippen LogP contribution in [-0.4, -0.2) is 29.0 Å². The van der Waals surface area contributed by atoms with Gasteiger partial charge in [-0.05, 0) is 37.1 Å². The van der Waals surface area contributed by atoms with E-state index in [-0.39, 0.29) is 17.2 Å². The molecule has 0 radical (unpaired) electrons. The van der Waals surface area contributed by atoms with Crippen molar-refractivity contribution in [2.24, 2.45) is 17.1 Å². The van der Waals surface area contributed by atoms with E-state index >= 15 is 0 Å². The minimum absolute atomic E-state index is 0.0623. The lowest BCUT2D eigenvalue weighted by Crippen LogP contribution is -2.49. The molecule has 0 unspecified atom stereocenters. The van der Waals surface area contributed by atoms with Crippen molar-refractivity contribution < 1.29 is 0 Å². The van der Waals surface area contributed by atoms with Gasteiger partial charge in [-0.15, -0.1) is 0 Å². The molecular formula is C20H20N6. The minimum Gasteiger partial charge on any atom is -0.399 e. The number of hydrogen-bond acceptors (Lipinski definition) is 6. The highest BCUT2D eigenvalue weighted by Gasteiger charge is 2.54. The van der Waals surface area contributed by atoms with E-state index in [1.165, 1.54) is 0 Å². The highest BCUT2D eigenvalue weighted by molar-refractivity contribution is 5.59. The molecule has 2 N–H and O–H groups in total. The fraction of sp³-hybridized carbons (Fsp3) is 0.400. The Balaban J connectivity index is 2.29. The standard InChI is InChI=1S/C20H20N6/c1-13(2)26-8-5-15-16(9-21)19(24)20(11-22,12-23)18(17(15)10-26)14-3-6-25-7-4-14/h3-7,13,17-18H,8,10,24H2,1-2H3/t17-,18-/m1/s1. The maximum absolute atomic E-state index is 9.98. The summed E-state index contributed by atoms with van der Waals surface area (Å²) in [6.07, 6.45) is 5.33. The lowest BCUT2D eigenvalue weighted by molar-refractivity contribution is 0.174. The van der Waals surface area contributed by atoms with Crippen LogP contribution >= 0.6 is 0 Å². The molecule has 2 heterocycles. The lowest BCUT2D eigenvalue weighted by atomic mass is 9.58. The molecule has 2 atom stereocenters. The van der Waals surface area contributed by atoms with Crippen molar-refractivity contribution in [3.05, 3.63) is 53.0 Å². The first-order valence-corrected chi connectivity index (χ1v) is 8.57. The van der Waals surface area contributed by atoms with Gasteiger partial charge in [0.25, 0.3) is 0 Å². The summed E-state index contributed by atoms with van der Waals surface area (Å²) in [7, 11) is 0. The van der Waals surface area contributed by atoms with E-state index in [1.54, 1.807) is 12.4 Å². The second-order valence-electron chi connectivity index (χ2n) is 7.00. The van der Waals surface area contributed by atoms with Gasteiger partial charge in [0.2, 0.25) is 0 Å². The topological polar surface area (TPSA) is 114 Å². The fourth-order valence-electron chi connectivity index (χ4n) is 4.07. The summed E-state index contributed by atoms with van der Waals surface area (Å²) in [4.78, 5) is 6.33. The Morgan fingerprint density at radius 3 is 2.42 bits per heavy atom. The number of nitrogens with zero attached hydrogens (tertiary/aromatic N) is 5. The van der Waals surface area contributed by atoms with Crippen molar-refractivity contribution in [2.75, 3.05) is 13.1 Å². The molecule has 0 spiro atoms. The van der Waals surface area contributed by atoms with Gasteiger partial charge in [-0.3, -0.25) is 9.88 Å². The predicted octanol–water partition coefficient (Wildman–Crippen LogP) is 2.22. The van der Waals surface area contributed by atoms with Crippen LogP contribution in [0.1, 0.15) is 25.3 Å². The van der Waals surface area contributed by atoms with Gasteiger partial charge >= 0.3 is 0 Å². The third-order valence-electron chi connectivity index (χ3n) is 5.49. The lowest BCUT2D eigenvalue weighted by Gasteiger charge is -2.46. The Bertz CT molecular complexity index is 877. The number of aromatic nitrogens is 1. The molecule has 1 aromatic heterocycles. The summed E-state index contributed by atoms with van der Waals surface area (Å²) in [5, 5.41) is 29.6. The van der Waals surface area contributed by atoms with Gasteiger partial charge in [-0.25, -0.2) is 0 Å². The third-order valence-corrected chi connectivity index (χ3v) is 5.49. The van der Waals surface area contributed by atoms with Crippen molar-refractivity contribution in [3.8, 4) is 18.2 Å². The quantitative estimate of drug-likeness (QED) is 0.880. The Kier molecular flexibility index (Phi) is 4.51. The summed E-state index contributed by atoms with van der Waals surface area (Å²) in [6, 6.07) is 10.4. The van der Waals surface area contributed by atoms with Crippen LogP contribution in [0.4, 0.5) is 0 Å². The van der Waals surface area contributed by atoms with Gasteiger partial charge < -0.3 is 5.73 Å². The number of pyridine rings is 1. The Labute approximate surface area is 153 Å². The molecule has 0 aromatic carbocycles. The van der Waals surface area contributed by atoms with Gasteiger partial charge in [0, 0.05) is 43.4 Å². The predicted molar refractivity (Wildman–Crippen MR) is 95.7 cm³/mol. The van der Waals surface area contributed by atoms with Crippen LogP contribution in [0.25, 0.3) is 0 Å². The SMILES string of the molecule is CC(C)N1CC=C2C(C#N)=C(N)C(C#N)(C#N)[C@H](c3ccncc3)[C@@H]2C1. The Morgan fingerprint density at radius 2 is 1.88 bits per heavy atom. The summed E-state index contributed by atoms with van der Waals surface area (Å²) < 4.78 is 0. The van der Waals surface area contributed by atoms with Crippen molar-refractivity contribution in [1.82, 2.24) is 9.88 Å². The normalized spacial score (nSPS) is 24.8. The zero-order valence-electron chi connectivity index (χ0n) is 14.8. The maximum atomic E-state index is 9.98. The van der Waals surface area contributed by atoms with Crippen molar-refractivity contribution >= 4 is 0 Å². The van der Waals surface area contributed by atoms with Crippen LogP contribution in [0.2, 0.25) is 0 Å². The molecule has 130 valence electrons. The number of fused-ring (bicyclic) bond motifs is 1. The van der Waals surface area contributed by atoms with Crippen LogP contribution in [0, 0.1) is 45.3 Å². The average Bonchev–Trinajstić information content (AvgIpc) is 2.67. The monoisotopic (exact) mass is 344 g/mol. The Morgan fingerprint density at radius 1 is 1.23 bits per heavy atom. The molecule has 6 nitrogen and oxygen atoms in total. The van der Waals surface area contributed by atoms with E-state index in [0.29, 0.717) is 12.6 Å². The molecule has 3 rings (SSSR count). The van der Waals surface area contributed by atoms with Gasteiger partial charge in [0.15, 0.2) is 5.41 Å². The molecule has 0 saturated heterocycles. The second kappa shape index (κ2) is 6.64. The summed E-state index contributed by atoms with van der Waals surface area (Å²) >= 11 is 0. The minimum atomic E-state index is -1.57. The van der Waals surface area contributed by atoms with Crippen LogP contribution in [-0.2, 0) is 0 Å². The third kappa shape index (κ3) is 2.46. The molecule has 0 amide bonds. The second-order valence-corrected chi connectivity index (χ2v) is 7.00. The highest BCUT2D eigenvalue weighted by atomic mass is 15.2. The maximum Gasteiger partial charge on any atom is 0.191 e. The zero-order chi connectivity index (χ0) is 18.9. The molecule has 6 heteroatoms. The number of allylic oxidation sites excluding steroid dienone is 2. The van der Waals surface area contributed by atoms with Gasteiger partial charge in [-0.2, -0.15) is 15.8 Å². The summed E-state index contributed by atoms with van der Waals surface area (Å²) in [6.45, 7) is 5.61. The van der Waals surface area contributed by atoms with E-state index in [1.807, 2.05) is 18.2 Å². The van der Waals surface area contributed by atoms with Crippen molar-refractivity contribution in [2.45, 2.75) is 25.8 Å². The first-order chi connectivity index (χ1) is 12.5. The van der Waals surface area contributed by atoms with E-state index in [9.17, 15) is 15.8 Å². The number of nitriles is 3. The molecular weight excluding hydrogens is 324 g/mol. The largest absolute Gasteiger partial charge is 0.399 e. The smallest absolute Gasteiger partial charge is 0.191 e. The van der Waals surface area contributed by atoms with Crippen LogP contribution in [0.3, 0.4) is 0 Å². The van der Waals surface area contributed by atoms with Crippen molar-refractivity contribution in [3.63, 3.8) is 0 Å². The van der Waals surface area contributed by atoms with Gasteiger partial charge in [-0.1, -0.05) is 6.08 Å². The number of nitrogens with two attached hydrogens (primary N) is 1. The van der Waals surface area contributed by atoms with Gasteiger partial charge in [0.1, 0.15) is 6.07 Å². The van der Waals surface area contributed by atoms with Crippen LogP contribution in [0.5, 0.6) is 0 Å². The molecule has 0 fully saturated rings. The van der Waals surface area contributed by atoms with E-state index in [2.05, 4.69) is 41.9 Å². The van der Waals surface area contributed by atoms with Crippen molar-refractivity contribution in [1.29, 1.82) is 15.8 Å². The molecule has 1 aliphatic heterocycles. The van der Waals surface area contributed by atoms with Crippen LogP contribution in [0.15, 0.2) is 47.4 Å². The van der Waals surface area contributed by atoms with E-state index in [0.717, 1.165) is 17.7 Å². The fourth-order valence-corrected chi connectivity index (χ4v) is 4.07. The summed E-state index contributed by atoms with van der Waals surface area (Å²) in [5.74, 6) is -0.611. The first-order valence-electron chi connectivity index (χ1n) is 8.57. The van der Waals surface area contributed by atoms with Gasteiger partial charge in [0.05, 0.1) is 23.4 Å². The molecule has 26 heavy (non-hydrogen) atoms. The number of hydrogen-bond donors (Lipinski definition) is 1. The molecule has 1 aromatic rings. The van der Waals surface area contributed by atoms with Crippen LogP contribution < -0.4 is 5.73 Å². The molecule has 0 bridgehead atoms. The first kappa shape index (κ1) is 17.7. The zero-order valence-corrected chi connectivity index (χ0v) is 14.8. The summed E-state index contributed by atoms with van der Waals surface area (Å²) in [5.41, 5.74) is 6.72. The molecule has 0 saturated carbocycles.